The number of hydrogen-bond acceptors (Lipinski definition) is 3. The van der Waals surface area contributed by atoms with Crippen LogP contribution in [0.15, 0.2) is 83.4 Å². The molecule has 0 saturated heterocycles. The number of amides is 1. The molecule has 3 aromatic rings. The number of aliphatic hydroxyl groups excluding tert-OH is 1. The SMILES string of the molecule is CCc1ccc(N=C2C(C(=O)Nc3ccc(C)cc3)=C(O)c3ccccc32)cc1. The van der Waals surface area contributed by atoms with Crippen LogP contribution in [0.5, 0.6) is 0 Å². The molecule has 0 aromatic heterocycles. The van der Waals surface area contributed by atoms with Crippen LogP contribution < -0.4 is 5.32 Å². The first kappa shape index (κ1) is 18.7. The standard InChI is InChI=1S/C25H22N2O2/c1-3-17-10-14-18(15-11-17)26-23-20-6-4-5-7-21(20)24(28)22(23)25(29)27-19-12-8-16(2)9-13-19/h4-15,28H,3H2,1-2H3,(H,27,29). The minimum atomic E-state index is -0.383. The Labute approximate surface area is 170 Å². The van der Waals surface area contributed by atoms with E-state index in [0.29, 0.717) is 17.0 Å². The summed E-state index contributed by atoms with van der Waals surface area (Å²) in [5.74, 6) is -0.430. The summed E-state index contributed by atoms with van der Waals surface area (Å²) in [7, 11) is 0. The second kappa shape index (κ2) is 7.76. The Kier molecular flexibility index (Phi) is 5.00. The highest BCUT2D eigenvalue weighted by atomic mass is 16.3. The predicted molar refractivity (Wildman–Crippen MR) is 118 cm³/mol. The van der Waals surface area contributed by atoms with E-state index in [1.807, 2.05) is 73.7 Å². The van der Waals surface area contributed by atoms with Crippen molar-refractivity contribution in [2.75, 3.05) is 5.32 Å². The lowest BCUT2D eigenvalue weighted by molar-refractivity contribution is -0.112. The molecule has 4 nitrogen and oxygen atoms in total. The van der Waals surface area contributed by atoms with Crippen molar-refractivity contribution in [1.82, 2.24) is 0 Å². The minimum Gasteiger partial charge on any atom is -0.506 e. The summed E-state index contributed by atoms with van der Waals surface area (Å²) in [6.07, 6.45) is 0.949. The van der Waals surface area contributed by atoms with E-state index in [9.17, 15) is 9.90 Å². The zero-order valence-electron chi connectivity index (χ0n) is 16.4. The predicted octanol–water partition coefficient (Wildman–Crippen LogP) is 5.60. The summed E-state index contributed by atoms with van der Waals surface area (Å²) in [5.41, 5.74) is 5.76. The van der Waals surface area contributed by atoms with E-state index >= 15 is 0 Å². The molecule has 3 aromatic carbocycles. The van der Waals surface area contributed by atoms with Gasteiger partial charge in [-0.25, -0.2) is 4.99 Å². The van der Waals surface area contributed by atoms with E-state index in [2.05, 4.69) is 12.2 Å². The molecule has 0 saturated carbocycles. The second-order valence-corrected chi connectivity index (χ2v) is 7.07. The van der Waals surface area contributed by atoms with E-state index in [0.717, 1.165) is 23.2 Å². The first-order valence-electron chi connectivity index (χ1n) is 9.66. The van der Waals surface area contributed by atoms with Crippen molar-refractivity contribution in [3.8, 4) is 0 Å². The van der Waals surface area contributed by atoms with Gasteiger partial charge in [-0.05, 0) is 43.2 Å². The molecule has 4 rings (SSSR count). The van der Waals surface area contributed by atoms with Gasteiger partial charge in [-0.3, -0.25) is 4.79 Å². The summed E-state index contributed by atoms with van der Waals surface area (Å²) in [6, 6.07) is 22.8. The van der Waals surface area contributed by atoms with Gasteiger partial charge in [0.1, 0.15) is 11.3 Å². The number of nitrogens with zero attached hydrogens (tertiary/aromatic N) is 1. The summed E-state index contributed by atoms with van der Waals surface area (Å²) < 4.78 is 0. The summed E-state index contributed by atoms with van der Waals surface area (Å²) >= 11 is 0. The van der Waals surface area contributed by atoms with Gasteiger partial charge in [0.15, 0.2) is 0 Å². The quantitative estimate of drug-likeness (QED) is 0.617. The fourth-order valence-corrected chi connectivity index (χ4v) is 3.37. The van der Waals surface area contributed by atoms with Gasteiger partial charge in [-0.1, -0.05) is 61.0 Å². The fraction of sp³-hybridized carbons (Fsp3) is 0.120. The van der Waals surface area contributed by atoms with Gasteiger partial charge in [0.05, 0.1) is 11.4 Å². The largest absolute Gasteiger partial charge is 0.506 e. The van der Waals surface area contributed by atoms with Crippen molar-refractivity contribution in [1.29, 1.82) is 0 Å². The third kappa shape index (κ3) is 3.69. The van der Waals surface area contributed by atoms with Crippen molar-refractivity contribution < 1.29 is 9.90 Å². The molecule has 0 atom stereocenters. The number of rotatable bonds is 4. The van der Waals surface area contributed by atoms with E-state index in [4.69, 9.17) is 4.99 Å². The molecule has 0 bridgehead atoms. The molecule has 0 radical (unpaired) electrons. The number of anilines is 1. The Bertz CT molecular complexity index is 1120. The number of benzene rings is 3. The van der Waals surface area contributed by atoms with Gasteiger partial charge in [-0.15, -0.1) is 0 Å². The van der Waals surface area contributed by atoms with Crippen LogP contribution in [0.4, 0.5) is 11.4 Å². The van der Waals surface area contributed by atoms with Crippen molar-refractivity contribution in [2.24, 2.45) is 4.99 Å². The average molecular weight is 382 g/mol. The summed E-state index contributed by atoms with van der Waals surface area (Å²) in [4.78, 5) is 17.8. The Morgan fingerprint density at radius 2 is 1.59 bits per heavy atom. The van der Waals surface area contributed by atoms with Crippen molar-refractivity contribution in [2.45, 2.75) is 20.3 Å². The highest BCUT2D eigenvalue weighted by Crippen LogP contribution is 2.34. The lowest BCUT2D eigenvalue weighted by atomic mass is 10.1. The van der Waals surface area contributed by atoms with Crippen LogP contribution >= 0.6 is 0 Å². The zero-order valence-corrected chi connectivity index (χ0v) is 16.4. The van der Waals surface area contributed by atoms with E-state index in [1.54, 1.807) is 6.07 Å². The lowest BCUT2D eigenvalue weighted by Crippen LogP contribution is -2.19. The number of aryl methyl sites for hydroxylation is 2. The van der Waals surface area contributed by atoms with Gasteiger partial charge in [0.25, 0.3) is 5.91 Å². The highest BCUT2D eigenvalue weighted by molar-refractivity contribution is 6.38. The molecule has 2 N–H and O–H groups in total. The molecule has 29 heavy (non-hydrogen) atoms. The molecule has 1 aliphatic carbocycles. The molecular weight excluding hydrogens is 360 g/mol. The Morgan fingerprint density at radius 3 is 2.24 bits per heavy atom. The smallest absolute Gasteiger partial charge is 0.261 e. The van der Waals surface area contributed by atoms with Gasteiger partial charge in [0.2, 0.25) is 0 Å². The molecule has 1 aliphatic rings. The Morgan fingerprint density at radius 1 is 0.931 bits per heavy atom. The molecule has 1 amide bonds. The molecule has 0 heterocycles. The van der Waals surface area contributed by atoms with Gasteiger partial charge in [-0.2, -0.15) is 0 Å². The average Bonchev–Trinajstić information content (AvgIpc) is 3.02. The number of nitrogens with one attached hydrogen (secondary N) is 1. The summed E-state index contributed by atoms with van der Waals surface area (Å²) in [5, 5.41) is 13.7. The molecule has 0 aliphatic heterocycles. The van der Waals surface area contributed by atoms with Crippen molar-refractivity contribution in [3.05, 3.63) is 101 Å². The van der Waals surface area contributed by atoms with Gasteiger partial charge in [0, 0.05) is 16.8 Å². The normalized spacial score (nSPS) is 14.2. The fourth-order valence-electron chi connectivity index (χ4n) is 3.37. The Balaban J connectivity index is 1.75. The van der Waals surface area contributed by atoms with E-state index in [-0.39, 0.29) is 17.2 Å². The topological polar surface area (TPSA) is 61.7 Å². The van der Waals surface area contributed by atoms with Crippen LogP contribution in [0.2, 0.25) is 0 Å². The van der Waals surface area contributed by atoms with Crippen LogP contribution in [0, 0.1) is 6.92 Å². The molecular formula is C25H22N2O2. The second-order valence-electron chi connectivity index (χ2n) is 7.07. The first-order valence-corrected chi connectivity index (χ1v) is 9.66. The number of aliphatic hydroxyl groups is 1. The molecule has 0 spiro atoms. The molecule has 4 heteroatoms. The summed E-state index contributed by atoms with van der Waals surface area (Å²) in [6.45, 7) is 4.09. The molecule has 0 unspecified atom stereocenters. The van der Waals surface area contributed by atoms with Crippen LogP contribution in [0.3, 0.4) is 0 Å². The monoisotopic (exact) mass is 382 g/mol. The van der Waals surface area contributed by atoms with Crippen molar-refractivity contribution in [3.63, 3.8) is 0 Å². The van der Waals surface area contributed by atoms with Crippen LogP contribution in [0.1, 0.15) is 29.2 Å². The van der Waals surface area contributed by atoms with Gasteiger partial charge >= 0.3 is 0 Å². The van der Waals surface area contributed by atoms with Crippen LogP contribution in [-0.4, -0.2) is 16.7 Å². The highest BCUT2D eigenvalue weighted by Gasteiger charge is 2.32. The third-order valence-electron chi connectivity index (χ3n) is 5.03. The Hall–Kier alpha value is -3.66. The zero-order chi connectivity index (χ0) is 20.4. The maximum Gasteiger partial charge on any atom is 0.261 e. The lowest BCUT2D eigenvalue weighted by Gasteiger charge is -2.09. The number of fused-ring (bicyclic) bond motifs is 1. The first-order chi connectivity index (χ1) is 14.1. The number of aliphatic imine (C=N–C) groups is 1. The molecule has 0 fully saturated rings. The minimum absolute atomic E-state index is 0.0471. The number of hydrogen-bond donors (Lipinski definition) is 2. The number of carbonyl (C=O) groups is 1. The molecule has 144 valence electrons. The number of carbonyl (C=O) groups excluding carboxylic acids is 1. The van der Waals surface area contributed by atoms with E-state index < -0.39 is 0 Å². The maximum absolute atomic E-state index is 13.1. The van der Waals surface area contributed by atoms with Crippen LogP contribution in [-0.2, 0) is 11.2 Å². The van der Waals surface area contributed by atoms with Gasteiger partial charge < -0.3 is 10.4 Å². The van der Waals surface area contributed by atoms with Crippen LogP contribution in [0.25, 0.3) is 5.76 Å². The van der Waals surface area contributed by atoms with Crippen molar-refractivity contribution >= 4 is 28.8 Å². The third-order valence-corrected chi connectivity index (χ3v) is 5.03. The maximum atomic E-state index is 13.1. The van der Waals surface area contributed by atoms with E-state index in [1.165, 1.54) is 5.56 Å².